The van der Waals surface area contributed by atoms with Gasteiger partial charge in [0.1, 0.15) is 0 Å². The minimum atomic E-state index is 0.296. The molecule has 2 aliphatic heterocycles. The number of hydrogen-bond donors (Lipinski definition) is 0. The molecular formula is C15H30N2S. The van der Waals surface area contributed by atoms with Crippen molar-refractivity contribution in [3.8, 4) is 0 Å². The molecule has 2 nitrogen and oxygen atoms in total. The summed E-state index contributed by atoms with van der Waals surface area (Å²) in [5.74, 6) is 1.30. The van der Waals surface area contributed by atoms with Crippen molar-refractivity contribution in [3.63, 3.8) is 0 Å². The highest BCUT2D eigenvalue weighted by molar-refractivity contribution is 8.00. The smallest absolute Gasteiger partial charge is 0.0804 e. The Labute approximate surface area is 117 Å². The van der Waals surface area contributed by atoms with Gasteiger partial charge in [0.15, 0.2) is 0 Å². The van der Waals surface area contributed by atoms with Gasteiger partial charge < -0.3 is 0 Å². The lowest BCUT2D eigenvalue weighted by molar-refractivity contribution is -0.00322. The summed E-state index contributed by atoms with van der Waals surface area (Å²) in [6, 6.07) is 0. The van der Waals surface area contributed by atoms with E-state index >= 15 is 0 Å². The highest BCUT2D eigenvalue weighted by atomic mass is 32.2. The van der Waals surface area contributed by atoms with Gasteiger partial charge in [-0.1, -0.05) is 0 Å². The van der Waals surface area contributed by atoms with Gasteiger partial charge in [-0.3, -0.25) is 9.80 Å². The molecular weight excluding hydrogens is 240 g/mol. The summed E-state index contributed by atoms with van der Waals surface area (Å²) in [4.78, 5) is 5.83. The zero-order valence-corrected chi connectivity index (χ0v) is 13.9. The first-order chi connectivity index (χ1) is 8.15. The Bertz CT molecular complexity index is 303. The maximum absolute atomic E-state index is 2.77. The van der Waals surface area contributed by atoms with Gasteiger partial charge >= 0.3 is 0 Å². The Balaban J connectivity index is 2.20. The van der Waals surface area contributed by atoms with Gasteiger partial charge in [0.05, 0.1) is 4.87 Å². The fourth-order valence-corrected chi connectivity index (χ4v) is 5.18. The molecule has 1 spiro atoms. The molecule has 0 saturated carbocycles. The Morgan fingerprint density at radius 1 is 0.944 bits per heavy atom. The van der Waals surface area contributed by atoms with Crippen LogP contribution in [0.15, 0.2) is 0 Å². The van der Waals surface area contributed by atoms with Gasteiger partial charge in [0.2, 0.25) is 0 Å². The van der Waals surface area contributed by atoms with Crippen molar-refractivity contribution in [2.75, 3.05) is 25.4 Å². The van der Waals surface area contributed by atoms with Gasteiger partial charge in [0.25, 0.3) is 0 Å². The number of rotatable bonds is 0. The molecule has 0 aromatic heterocycles. The molecule has 0 aliphatic carbocycles. The molecule has 0 radical (unpaired) electrons. The number of thioether (sulfide) groups is 1. The van der Waals surface area contributed by atoms with E-state index in [2.05, 4.69) is 63.1 Å². The largest absolute Gasteiger partial charge is 0.296 e. The van der Waals surface area contributed by atoms with Crippen molar-refractivity contribution in [1.82, 2.24) is 9.80 Å². The van der Waals surface area contributed by atoms with Crippen LogP contribution in [0.3, 0.4) is 0 Å². The van der Waals surface area contributed by atoms with Crippen LogP contribution in [-0.4, -0.2) is 51.1 Å². The number of piperidine rings is 1. The van der Waals surface area contributed by atoms with E-state index in [1.165, 1.54) is 38.2 Å². The summed E-state index contributed by atoms with van der Waals surface area (Å²) in [6.07, 6.45) is 2.71. The highest BCUT2D eigenvalue weighted by Gasteiger charge is 2.49. The second kappa shape index (κ2) is 4.68. The first kappa shape index (κ1) is 14.7. The predicted molar refractivity (Wildman–Crippen MR) is 82.2 cm³/mol. The molecule has 2 fully saturated rings. The molecule has 3 heteroatoms. The Kier molecular flexibility index (Phi) is 3.81. The molecule has 0 aromatic carbocycles. The second-order valence-electron chi connectivity index (χ2n) is 7.81. The molecule has 1 unspecified atom stereocenters. The lowest BCUT2D eigenvalue weighted by Gasteiger charge is -2.53. The summed E-state index contributed by atoms with van der Waals surface area (Å²) in [7, 11) is 0. The van der Waals surface area contributed by atoms with E-state index < -0.39 is 0 Å². The van der Waals surface area contributed by atoms with Crippen molar-refractivity contribution in [1.29, 1.82) is 0 Å². The van der Waals surface area contributed by atoms with Crippen molar-refractivity contribution in [3.05, 3.63) is 0 Å². The van der Waals surface area contributed by atoms with E-state index in [9.17, 15) is 0 Å². The topological polar surface area (TPSA) is 6.48 Å². The van der Waals surface area contributed by atoms with E-state index in [4.69, 9.17) is 0 Å². The normalized spacial score (nSPS) is 32.3. The fourth-order valence-electron chi connectivity index (χ4n) is 3.47. The van der Waals surface area contributed by atoms with Gasteiger partial charge in [-0.25, -0.2) is 0 Å². The van der Waals surface area contributed by atoms with E-state index in [1.807, 2.05) is 0 Å². The van der Waals surface area contributed by atoms with Crippen LogP contribution >= 0.6 is 11.8 Å². The second-order valence-corrected chi connectivity index (χ2v) is 9.27. The van der Waals surface area contributed by atoms with Crippen molar-refractivity contribution in [2.45, 2.75) is 70.3 Å². The monoisotopic (exact) mass is 270 g/mol. The zero-order valence-electron chi connectivity index (χ0n) is 13.0. The van der Waals surface area contributed by atoms with Crippen LogP contribution in [0.5, 0.6) is 0 Å². The molecule has 1 atom stereocenters. The first-order valence-electron chi connectivity index (χ1n) is 7.32. The number of nitrogens with zero attached hydrogens (tertiary/aromatic N) is 2. The van der Waals surface area contributed by atoms with E-state index in [0.29, 0.717) is 15.9 Å². The van der Waals surface area contributed by atoms with Crippen molar-refractivity contribution >= 4 is 11.8 Å². The third-order valence-electron chi connectivity index (χ3n) is 4.37. The average molecular weight is 270 g/mol. The van der Waals surface area contributed by atoms with E-state index in [-0.39, 0.29) is 0 Å². The van der Waals surface area contributed by atoms with E-state index in [1.54, 1.807) is 0 Å². The summed E-state index contributed by atoms with van der Waals surface area (Å²) < 4.78 is 0. The number of hydrogen-bond acceptors (Lipinski definition) is 3. The first-order valence-corrected chi connectivity index (χ1v) is 8.31. The molecule has 106 valence electrons. The summed E-state index contributed by atoms with van der Waals surface area (Å²) >= 11 is 2.20. The average Bonchev–Trinajstić information content (AvgIpc) is 2.60. The van der Waals surface area contributed by atoms with Gasteiger partial charge in [-0.2, -0.15) is 0 Å². The number of likely N-dealkylation sites (tertiary alicyclic amines) is 1. The molecule has 18 heavy (non-hydrogen) atoms. The highest BCUT2D eigenvalue weighted by Crippen LogP contribution is 2.46. The third kappa shape index (κ3) is 2.73. The maximum Gasteiger partial charge on any atom is 0.0804 e. The van der Waals surface area contributed by atoms with Crippen LogP contribution < -0.4 is 0 Å². The lowest BCUT2D eigenvalue weighted by Crippen LogP contribution is -2.62. The van der Waals surface area contributed by atoms with Crippen LogP contribution in [-0.2, 0) is 0 Å². The third-order valence-corrected chi connectivity index (χ3v) is 5.85. The van der Waals surface area contributed by atoms with Crippen molar-refractivity contribution in [2.24, 2.45) is 0 Å². The molecule has 2 aliphatic rings. The molecule has 2 heterocycles. The van der Waals surface area contributed by atoms with Crippen LogP contribution in [0, 0.1) is 0 Å². The molecule has 2 saturated heterocycles. The van der Waals surface area contributed by atoms with Crippen LogP contribution in [0.4, 0.5) is 0 Å². The minimum absolute atomic E-state index is 0.296. The Morgan fingerprint density at radius 3 is 2.17 bits per heavy atom. The standard InChI is InChI=1S/C15H30N2S/c1-13(2,3)16-9-7-8-15(12-16)17(10-11-18-15)14(4,5)6/h7-12H2,1-6H3. The Hall–Kier alpha value is 0.270. The van der Waals surface area contributed by atoms with Crippen LogP contribution in [0.1, 0.15) is 54.4 Å². The van der Waals surface area contributed by atoms with Crippen LogP contribution in [0.25, 0.3) is 0 Å². The van der Waals surface area contributed by atoms with Crippen LogP contribution in [0.2, 0.25) is 0 Å². The molecule has 0 amide bonds. The van der Waals surface area contributed by atoms with Crippen molar-refractivity contribution < 1.29 is 0 Å². The zero-order chi connectivity index (χ0) is 13.6. The van der Waals surface area contributed by atoms with Gasteiger partial charge in [0, 0.05) is 29.9 Å². The fraction of sp³-hybridized carbons (Fsp3) is 1.00. The predicted octanol–water partition coefficient (Wildman–Crippen LogP) is 3.42. The summed E-state index contributed by atoms with van der Waals surface area (Å²) in [6.45, 7) is 17.9. The molecule has 0 aromatic rings. The Morgan fingerprint density at radius 2 is 1.61 bits per heavy atom. The molecule has 0 N–H and O–H groups in total. The quantitative estimate of drug-likeness (QED) is 0.666. The SMILES string of the molecule is CC(C)(C)N1CCCC2(C1)SCCN2C(C)(C)C. The maximum atomic E-state index is 2.77. The van der Waals surface area contributed by atoms with Gasteiger partial charge in [-0.15, -0.1) is 11.8 Å². The minimum Gasteiger partial charge on any atom is -0.296 e. The van der Waals surface area contributed by atoms with Gasteiger partial charge in [-0.05, 0) is 60.9 Å². The lowest BCUT2D eigenvalue weighted by atomic mass is 9.93. The molecule has 0 bridgehead atoms. The summed E-state index contributed by atoms with van der Waals surface area (Å²) in [5.41, 5.74) is 0.602. The summed E-state index contributed by atoms with van der Waals surface area (Å²) in [5, 5.41) is 0. The molecule has 2 rings (SSSR count). The van der Waals surface area contributed by atoms with E-state index in [0.717, 1.165) is 0 Å².